The van der Waals surface area contributed by atoms with E-state index in [1.54, 1.807) is 0 Å². The predicted molar refractivity (Wildman–Crippen MR) is 61.5 cm³/mol. The van der Waals surface area contributed by atoms with E-state index in [1.165, 1.54) is 0 Å². The van der Waals surface area contributed by atoms with Gasteiger partial charge in [-0.15, -0.1) is 0 Å². The Morgan fingerprint density at radius 1 is 1.57 bits per heavy atom. The molecule has 1 amide bonds. The minimum Gasteiger partial charge on any atom is -0.396 e. The SMILES string of the molecule is CCSCCC(C)NC(=O)CCCO. The molecule has 1 atom stereocenters. The molecule has 0 aromatic heterocycles. The highest BCUT2D eigenvalue weighted by Crippen LogP contribution is 2.03. The lowest BCUT2D eigenvalue weighted by Gasteiger charge is -2.12. The number of aliphatic hydroxyl groups excluding tert-OH is 1. The van der Waals surface area contributed by atoms with Gasteiger partial charge in [-0.2, -0.15) is 11.8 Å². The number of carbonyl (C=O) groups is 1. The van der Waals surface area contributed by atoms with Gasteiger partial charge in [0.1, 0.15) is 0 Å². The Morgan fingerprint density at radius 2 is 2.29 bits per heavy atom. The number of rotatable bonds is 8. The largest absolute Gasteiger partial charge is 0.396 e. The maximum Gasteiger partial charge on any atom is 0.220 e. The van der Waals surface area contributed by atoms with Crippen LogP contribution >= 0.6 is 11.8 Å². The first kappa shape index (κ1) is 13.8. The highest BCUT2D eigenvalue weighted by molar-refractivity contribution is 7.99. The van der Waals surface area contributed by atoms with Crippen molar-refractivity contribution in [3.8, 4) is 0 Å². The maximum atomic E-state index is 11.2. The molecule has 2 N–H and O–H groups in total. The zero-order valence-electron chi connectivity index (χ0n) is 9.08. The van der Waals surface area contributed by atoms with Crippen molar-refractivity contribution in [2.75, 3.05) is 18.1 Å². The number of carbonyl (C=O) groups excluding carboxylic acids is 1. The second-order valence-electron chi connectivity index (χ2n) is 3.28. The number of hydrogen-bond donors (Lipinski definition) is 2. The van der Waals surface area contributed by atoms with Crippen LogP contribution in [0.4, 0.5) is 0 Å². The first-order valence-electron chi connectivity index (χ1n) is 5.18. The van der Waals surface area contributed by atoms with Crippen molar-refractivity contribution in [3.05, 3.63) is 0 Å². The van der Waals surface area contributed by atoms with Crippen LogP contribution in [0.2, 0.25) is 0 Å². The number of hydrogen-bond acceptors (Lipinski definition) is 3. The molecule has 1 unspecified atom stereocenters. The highest BCUT2D eigenvalue weighted by atomic mass is 32.2. The van der Waals surface area contributed by atoms with Crippen molar-refractivity contribution < 1.29 is 9.90 Å². The summed E-state index contributed by atoms with van der Waals surface area (Å²) in [5.41, 5.74) is 0. The fourth-order valence-electron chi connectivity index (χ4n) is 1.06. The Hall–Kier alpha value is -0.220. The molecule has 0 fully saturated rings. The smallest absolute Gasteiger partial charge is 0.220 e. The Labute approximate surface area is 90.7 Å². The van der Waals surface area contributed by atoms with Crippen LogP contribution in [0.3, 0.4) is 0 Å². The van der Waals surface area contributed by atoms with Gasteiger partial charge in [0, 0.05) is 19.1 Å². The van der Waals surface area contributed by atoms with Gasteiger partial charge in [0.15, 0.2) is 0 Å². The summed E-state index contributed by atoms with van der Waals surface area (Å²) in [6, 6.07) is 0.250. The molecule has 0 bridgehead atoms. The lowest BCUT2D eigenvalue weighted by atomic mass is 10.2. The van der Waals surface area contributed by atoms with Crippen LogP contribution in [0, 0.1) is 0 Å². The van der Waals surface area contributed by atoms with Gasteiger partial charge in [-0.05, 0) is 31.3 Å². The number of amides is 1. The molecular formula is C10H21NO2S. The average Bonchev–Trinajstić information content (AvgIpc) is 2.15. The third-order valence-corrected chi connectivity index (χ3v) is 2.80. The molecule has 84 valence electrons. The van der Waals surface area contributed by atoms with E-state index in [0.29, 0.717) is 12.8 Å². The highest BCUT2D eigenvalue weighted by Gasteiger charge is 2.05. The first-order chi connectivity index (χ1) is 6.70. The maximum absolute atomic E-state index is 11.2. The predicted octanol–water partition coefficient (Wildman–Crippen LogP) is 1.41. The van der Waals surface area contributed by atoms with Gasteiger partial charge in [-0.25, -0.2) is 0 Å². The molecule has 0 radical (unpaired) electrons. The molecule has 0 spiro atoms. The lowest BCUT2D eigenvalue weighted by Crippen LogP contribution is -2.32. The number of nitrogens with one attached hydrogen (secondary N) is 1. The number of thioether (sulfide) groups is 1. The van der Waals surface area contributed by atoms with Gasteiger partial charge in [0.05, 0.1) is 0 Å². The van der Waals surface area contributed by atoms with Gasteiger partial charge >= 0.3 is 0 Å². The lowest BCUT2D eigenvalue weighted by molar-refractivity contribution is -0.121. The Bertz CT molecular complexity index is 153. The third-order valence-electron chi connectivity index (χ3n) is 1.87. The minimum atomic E-state index is 0.0491. The van der Waals surface area contributed by atoms with E-state index < -0.39 is 0 Å². The van der Waals surface area contributed by atoms with Gasteiger partial charge in [-0.1, -0.05) is 6.92 Å². The summed E-state index contributed by atoms with van der Waals surface area (Å²) in [7, 11) is 0. The average molecular weight is 219 g/mol. The van der Waals surface area contributed by atoms with Gasteiger partial charge in [0.2, 0.25) is 5.91 Å². The molecule has 0 saturated heterocycles. The van der Waals surface area contributed by atoms with Crippen molar-refractivity contribution in [1.29, 1.82) is 0 Å². The van der Waals surface area contributed by atoms with Gasteiger partial charge in [0.25, 0.3) is 0 Å². The molecule has 0 aromatic carbocycles. The topological polar surface area (TPSA) is 49.3 Å². The summed E-state index contributed by atoms with van der Waals surface area (Å²) >= 11 is 1.89. The molecule has 0 aromatic rings. The first-order valence-corrected chi connectivity index (χ1v) is 6.34. The summed E-state index contributed by atoms with van der Waals surface area (Å²) in [5, 5.41) is 11.4. The van der Waals surface area contributed by atoms with E-state index in [1.807, 2.05) is 18.7 Å². The van der Waals surface area contributed by atoms with Crippen LogP contribution in [0.15, 0.2) is 0 Å². The molecule has 0 heterocycles. The molecule has 3 nitrogen and oxygen atoms in total. The second kappa shape index (κ2) is 9.34. The molecular weight excluding hydrogens is 198 g/mol. The molecule has 0 aliphatic rings. The zero-order chi connectivity index (χ0) is 10.8. The molecule has 0 rings (SSSR count). The standard InChI is InChI=1S/C10H21NO2S/c1-3-14-8-6-9(2)11-10(13)5-4-7-12/h9,12H,3-8H2,1-2H3,(H,11,13). The summed E-state index contributed by atoms with van der Waals surface area (Å²) in [6.07, 6.45) is 2.01. The van der Waals surface area contributed by atoms with Crippen molar-refractivity contribution in [2.24, 2.45) is 0 Å². The fraction of sp³-hybridized carbons (Fsp3) is 0.900. The third kappa shape index (κ3) is 8.38. The van der Waals surface area contributed by atoms with Crippen LogP contribution < -0.4 is 5.32 Å². The van der Waals surface area contributed by atoms with Gasteiger partial charge < -0.3 is 10.4 Å². The summed E-state index contributed by atoms with van der Waals surface area (Å²) in [4.78, 5) is 11.2. The monoisotopic (exact) mass is 219 g/mol. The van der Waals surface area contributed by atoms with E-state index in [-0.39, 0.29) is 18.6 Å². The quantitative estimate of drug-likeness (QED) is 0.607. The Morgan fingerprint density at radius 3 is 2.86 bits per heavy atom. The number of aliphatic hydroxyl groups is 1. The summed E-state index contributed by atoms with van der Waals surface area (Å²) in [6.45, 7) is 4.25. The van der Waals surface area contributed by atoms with Crippen LogP contribution in [-0.4, -0.2) is 35.2 Å². The van der Waals surface area contributed by atoms with E-state index in [2.05, 4.69) is 12.2 Å². The molecule has 0 aliphatic carbocycles. The normalized spacial score (nSPS) is 12.5. The van der Waals surface area contributed by atoms with E-state index in [9.17, 15) is 4.79 Å². The Kier molecular flexibility index (Phi) is 9.19. The molecule has 14 heavy (non-hydrogen) atoms. The zero-order valence-corrected chi connectivity index (χ0v) is 9.90. The van der Waals surface area contributed by atoms with Crippen molar-refractivity contribution in [1.82, 2.24) is 5.32 Å². The fourth-order valence-corrected chi connectivity index (χ4v) is 1.87. The molecule has 0 saturated carbocycles. The van der Waals surface area contributed by atoms with Crippen LogP contribution in [0.1, 0.15) is 33.1 Å². The Balaban J connectivity index is 3.40. The van der Waals surface area contributed by atoms with E-state index in [4.69, 9.17) is 5.11 Å². The van der Waals surface area contributed by atoms with Crippen molar-refractivity contribution in [2.45, 2.75) is 39.2 Å². The van der Waals surface area contributed by atoms with E-state index >= 15 is 0 Å². The van der Waals surface area contributed by atoms with Crippen LogP contribution in [0.5, 0.6) is 0 Å². The van der Waals surface area contributed by atoms with Gasteiger partial charge in [-0.3, -0.25) is 4.79 Å². The van der Waals surface area contributed by atoms with Crippen LogP contribution in [-0.2, 0) is 4.79 Å². The molecule has 0 aliphatic heterocycles. The van der Waals surface area contributed by atoms with Crippen molar-refractivity contribution in [3.63, 3.8) is 0 Å². The minimum absolute atomic E-state index is 0.0491. The summed E-state index contributed by atoms with van der Waals surface area (Å²) < 4.78 is 0. The van der Waals surface area contributed by atoms with E-state index in [0.717, 1.165) is 17.9 Å². The second-order valence-corrected chi connectivity index (χ2v) is 4.68. The molecule has 4 heteroatoms. The van der Waals surface area contributed by atoms with Crippen LogP contribution in [0.25, 0.3) is 0 Å². The summed E-state index contributed by atoms with van der Waals surface area (Å²) in [5.74, 6) is 2.27. The van der Waals surface area contributed by atoms with Crippen molar-refractivity contribution >= 4 is 17.7 Å².